The normalized spacial score (nSPS) is 14.1. The van der Waals surface area contributed by atoms with E-state index in [9.17, 15) is 4.79 Å². The van der Waals surface area contributed by atoms with Gasteiger partial charge in [-0.05, 0) is 40.9 Å². The van der Waals surface area contributed by atoms with Crippen molar-refractivity contribution >= 4 is 33.4 Å². The van der Waals surface area contributed by atoms with Gasteiger partial charge in [-0.25, -0.2) is 0 Å². The Kier molecular flexibility index (Phi) is 4.26. The van der Waals surface area contributed by atoms with Crippen molar-refractivity contribution in [1.82, 2.24) is 4.90 Å². The molecule has 1 saturated carbocycles. The van der Waals surface area contributed by atoms with E-state index >= 15 is 0 Å². The molecule has 0 N–H and O–H groups in total. The molecule has 1 aromatic carbocycles. The minimum atomic E-state index is -0.0842. The van der Waals surface area contributed by atoms with Gasteiger partial charge in [0.15, 0.2) is 0 Å². The number of halogens is 2. The number of nitriles is 1. The van der Waals surface area contributed by atoms with Crippen LogP contribution < -0.4 is 0 Å². The van der Waals surface area contributed by atoms with Crippen LogP contribution in [0.4, 0.5) is 0 Å². The van der Waals surface area contributed by atoms with Crippen LogP contribution in [0.1, 0.15) is 29.6 Å². The molecule has 3 nitrogen and oxygen atoms in total. The quantitative estimate of drug-likeness (QED) is 0.847. The topological polar surface area (TPSA) is 44.1 Å². The second-order valence-corrected chi connectivity index (χ2v) is 5.47. The standard InChI is InChI=1S/C13H12BrClN2O/c14-11-4-1-3-10(12(11)15)13(18)17(8-2-7-16)9-5-6-9/h1,3-4,9H,2,5-6,8H2. The largest absolute Gasteiger partial charge is 0.335 e. The SMILES string of the molecule is N#CCCN(C(=O)c1cccc(Br)c1Cl)C1CC1. The molecule has 0 atom stereocenters. The van der Waals surface area contributed by atoms with E-state index in [1.807, 2.05) is 0 Å². The van der Waals surface area contributed by atoms with Crippen molar-refractivity contribution in [1.29, 1.82) is 5.26 Å². The summed E-state index contributed by atoms with van der Waals surface area (Å²) in [6.07, 6.45) is 2.39. The summed E-state index contributed by atoms with van der Waals surface area (Å²) < 4.78 is 0.714. The molecule has 1 fully saturated rings. The minimum Gasteiger partial charge on any atom is -0.335 e. The van der Waals surface area contributed by atoms with Gasteiger partial charge in [-0.1, -0.05) is 17.7 Å². The average molecular weight is 328 g/mol. The van der Waals surface area contributed by atoms with Crippen LogP contribution in [-0.4, -0.2) is 23.4 Å². The van der Waals surface area contributed by atoms with Crippen LogP contribution in [0.2, 0.25) is 5.02 Å². The molecule has 0 unspecified atom stereocenters. The lowest BCUT2D eigenvalue weighted by Crippen LogP contribution is -2.34. The molecule has 0 aliphatic heterocycles. The Morgan fingerprint density at radius 1 is 1.56 bits per heavy atom. The third-order valence-electron chi connectivity index (χ3n) is 2.90. The van der Waals surface area contributed by atoms with Gasteiger partial charge in [0, 0.05) is 17.1 Å². The first-order valence-electron chi connectivity index (χ1n) is 5.77. The molecule has 0 heterocycles. The maximum atomic E-state index is 12.4. The molecule has 94 valence electrons. The van der Waals surface area contributed by atoms with E-state index in [2.05, 4.69) is 22.0 Å². The number of nitrogens with zero attached hydrogens (tertiary/aromatic N) is 2. The molecule has 5 heteroatoms. The zero-order chi connectivity index (χ0) is 13.1. The number of carbonyl (C=O) groups is 1. The van der Waals surface area contributed by atoms with E-state index in [0.29, 0.717) is 28.0 Å². The fourth-order valence-electron chi connectivity index (χ4n) is 1.83. The van der Waals surface area contributed by atoms with E-state index in [1.54, 1.807) is 23.1 Å². The van der Waals surface area contributed by atoms with Crippen LogP contribution >= 0.6 is 27.5 Å². The lowest BCUT2D eigenvalue weighted by molar-refractivity contribution is 0.0747. The highest BCUT2D eigenvalue weighted by Crippen LogP contribution is 2.32. The minimum absolute atomic E-state index is 0.0842. The number of amides is 1. The Hall–Kier alpha value is -1.05. The number of carbonyl (C=O) groups excluding carboxylic acids is 1. The van der Waals surface area contributed by atoms with Crippen LogP contribution in [0, 0.1) is 11.3 Å². The summed E-state index contributed by atoms with van der Waals surface area (Å²) >= 11 is 9.45. The Balaban J connectivity index is 2.22. The van der Waals surface area contributed by atoms with Crippen LogP contribution in [0.15, 0.2) is 22.7 Å². The molecule has 0 spiro atoms. The second-order valence-electron chi connectivity index (χ2n) is 4.24. The zero-order valence-electron chi connectivity index (χ0n) is 9.70. The molecule has 2 rings (SSSR count). The Bertz CT molecular complexity index is 508. The van der Waals surface area contributed by atoms with Crippen molar-refractivity contribution in [3.05, 3.63) is 33.3 Å². The van der Waals surface area contributed by atoms with Gasteiger partial charge < -0.3 is 4.90 Å². The van der Waals surface area contributed by atoms with Crippen molar-refractivity contribution < 1.29 is 4.79 Å². The molecule has 1 aliphatic rings. The maximum absolute atomic E-state index is 12.4. The van der Waals surface area contributed by atoms with E-state index in [-0.39, 0.29) is 11.9 Å². The number of rotatable bonds is 4. The summed E-state index contributed by atoms with van der Waals surface area (Å²) in [5.41, 5.74) is 0.496. The van der Waals surface area contributed by atoms with Crippen LogP contribution in [0.25, 0.3) is 0 Å². The summed E-state index contributed by atoms with van der Waals surface area (Å²) in [5.74, 6) is -0.0842. The van der Waals surface area contributed by atoms with Gasteiger partial charge in [-0.2, -0.15) is 5.26 Å². The number of hydrogen-bond acceptors (Lipinski definition) is 2. The van der Waals surface area contributed by atoms with E-state index in [1.165, 1.54) is 0 Å². The van der Waals surface area contributed by atoms with Gasteiger partial charge in [0.2, 0.25) is 0 Å². The first kappa shape index (κ1) is 13.4. The van der Waals surface area contributed by atoms with Crippen molar-refractivity contribution in [3.63, 3.8) is 0 Å². The molecule has 1 aromatic rings. The third kappa shape index (κ3) is 2.85. The third-order valence-corrected chi connectivity index (χ3v) is 4.19. The molecular formula is C13H12BrClN2O. The van der Waals surface area contributed by atoms with E-state index in [0.717, 1.165) is 12.8 Å². The molecule has 0 bridgehead atoms. The van der Waals surface area contributed by atoms with Gasteiger partial charge in [-0.3, -0.25) is 4.79 Å². The molecule has 0 aromatic heterocycles. The summed E-state index contributed by atoms with van der Waals surface area (Å²) in [6.45, 7) is 0.475. The number of hydrogen-bond donors (Lipinski definition) is 0. The second kappa shape index (κ2) is 5.73. The van der Waals surface area contributed by atoms with Crippen molar-refractivity contribution in [2.24, 2.45) is 0 Å². The predicted octanol–water partition coefficient (Wildman–Crippen LogP) is 3.62. The molecule has 0 radical (unpaired) electrons. The predicted molar refractivity (Wildman–Crippen MR) is 73.4 cm³/mol. The van der Waals surface area contributed by atoms with Crippen LogP contribution in [0.3, 0.4) is 0 Å². The summed E-state index contributed by atoms with van der Waals surface area (Å²) in [5, 5.41) is 9.08. The molecule has 1 aliphatic carbocycles. The summed E-state index contributed by atoms with van der Waals surface area (Å²) in [6, 6.07) is 7.67. The molecule has 1 amide bonds. The fraction of sp³-hybridized carbons (Fsp3) is 0.385. The first-order chi connectivity index (χ1) is 8.65. The van der Waals surface area contributed by atoms with Gasteiger partial charge in [-0.15, -0.1) is 0 Å². The van der Waals surface area contributed by atoms with E-state index < -0.39 is 0 Å². The maximum Gasteiger partial charge on any atom is 0.255 e. The monoisotopic (exact) mass is 326 g/mol. The van der Waals surface area contributed by atoms with Crippen molar-refractivity contribution in [3.8, 4) is 6.07 Å². The molecule has 0 saturated heterocycles. The Morgan fingerprint density at radius 3 is 2.89 bits per heavy atom. The summed E-state index contributed by atoms with van der Waals surface area (Å²) in [4.78, 5) is 14.2. The van der Waals surface area contributed by atoms with Gasteiger partial charge >= 0.3 is 0 Å². The van der Waals surface area contributed by atoms with Crippen molar-refractivity contribution in [2.75, 3.05) is 6.54 Å². The Morgan fingerprint density at radius 2 is 2.28 bits per heavy atom. The fourth-order valence-corrected chi connectivity index (χ4v) is 2.40. The Labute approximate surface area is 119 Å². The highest BCUT2D eigenvalue weighted by molar-refractivity contribution is 9.10. The van der Waals surface area contributed by atoms with Gasteiger partial charge in [0.1, 0.15) is 0 Å². The highest BCUT2D eigenvalue weighted by Gasteiger charge is 2.33. The van der Waals surface area contributed by atoms with Crippen molar-refractivity contribution in [2.45, 2.75) is 25.3 Å². The smallest absolute Gasteiger partial charge is 0.255 e. The lowest BCUT2D eigenvalue weighted by Gasteiger charge is -2.22. The van der Waals surface area contributed by atoms with Crippen LogP contribution in [0.5, 0.6) is 0 Å². The number of benzene rings is 1. The molecular weight excluding hydrogens is 316 g/mol. The molecule has 18 heavy (non-hydrogen) atoms. The van der Waals surface area contributed by atoms with Gasteiger partial charge in [0.05, 0.1) is 23.1 Å². The van der Waals surface area contributed by atoms with Gasteiger partial charge in [0.25, 0.3) is 5.91 Å². The lowest BCUT2D eigenvalue weighted by atomic mass is 10.2. The zero-order valence-corrected chi connectivity index (χ0v) is 12.0. The first-order valence-corrected chi connectivity index (χ1v) is 6.94. The van der Waals surface area contributed by atoms with Crippen LogP contribution in [-0.2, 0) is 0 Å². The average Bonchev–Trinajstić information content (AvgIpc) is 3.17. The van der Waals surface area contributed by atoms with E-state index in [4.69, 9.17) is 16.9 Å². The highest BCUT2D eigenvalue weighted by atomic mass is 79.9. The summed E-state index contributed by atoms with van der Waals surface area (Å²) in [7, 11) is 0.